The fraction of sp³-hybridized carbons (Fsp3) is 0.348. The maximum absolute atomic E-state index is 12.8. The average molecular weight is 428 g/mol. The topological polar surface area (TPSA) is 122 Å². The monoisotopic (exact) mass is 427 g/mol. The Morgan fingerprint density at radius 1 is 1.06 bits per heavy atom. The lowest BCUT2D eigenvalue weighted by Crippen LogP contribution is -2.28. The van der Waals surface area contributed by atoms with Crippen LogP contribution in [0, 0.1) is 0 Å². The molecule has 2 aromatic carbocycles. The standard InChI is InChI=1S/C23H29N3O5/c1-6-26(7-2)18-11-8-14(12-17(18)23(3,4)5)20(25-31)21(28)24-15-9-10-16(22(29)30)19(27)13-15/h8-13,27,31H,6-7H2,1-5H3,(H,24,28)(H,29,30)/b25-20+. The zero-order chi connectivity index (χ0) is 23.3. The Morgan fingerprint density at radius 2 is 1.71 bits per heavy atom. The third-order valence-electron chi connectivity index (χ3n) is 4.98. The van der Waals surface area contributed by atoms with E-state index in [0.717, 1.165) is 30.4 Å². The van der Waals surface area contributed by atoms with Gasteiger partial charge in [-0.25, -0.2) is 4.79 Å². The number of aromatic hydroxyl groups is 1. The van der Waals surface area contributed by atoms with Gasteiger partial charge in [0.15, 0.2) is 5.71 Å². The van der Waals surface area contributed by atoms with Gasteiger partial charge in [-0.1, -0.05) is 32.0 Å². The number of carbonyl (C=O) groups excluding carboxylic acids is 1. The molecule has 0 radical (unpaired) electrons. The minimum Gasteiger partial charge on any atom is -0.507 e. The number of anilines is 2. The van der Waals surface area contributed by atoms with Gasteiger partial charge in [-0.05, 0) is 49.1 Å². The summed E-state index contributed by atoms with van der Waals surface area (Å²) < 4.78 is 0. The molecule has 0 aliphatic rings. The average Bonchev–Trinajstić information content (AvgIpc) is 2.69. The van der Waals surface area contributed by atoms with Crippen molar-refractivity contribution in [1.29, 1.82) is 0 Å². The highest BCUT2D eigenvalue weighted by Crippen LogP contribution is 2.33. The number of hydrogen-bond acceptors (Lipinski definition) is 6. The van der Waals surface area contributed by atoms with Crippen molar-refractivity contribution in [3.8, 4) is 5.75 Å². The number of rotatable bonds is 7. The molecule has 0 spiro atoms. The van der Waals surface area contributed by atoms with Crippen LogP contribution in [0.25, 0.3) is 0 Å². The molecule has 8 nitrogen and oxygen atoms in total. The largest absolute Gasteiger partial charge is 0.507 e. The molecule has 4 N–H and O–H groups in total. The summed E-state index contributed by atoms with van der Waals surface area (Å²) in [5.41, 5.74) is 1.97. The van der Waals surface area contributed by atoms with Gasteiger partial charge in [-0.2, -0.15) is 0 Å². The molecule has 166 valence electrons. The van der Waals surface area contributed by atoms with E-state index in [1.54, 1.807) is 6.07 Å². The summed E-state index contributed by atoms with van der Waals surface area (Å²) in [6, 6.07) is 9.13. The number of amides is 1. The Kier molecular flexibility index (Phi) is 7.28. The highest BCUT2D eigenvalue weighted by atomic mass is 16.4. The van der Waals surface area contributed by atoms with Crippen LogP contribution in [0.1, 0.15) is 56.1 Å². The van der Waals surface area contributed by atoms with Gasteiger partial charge >= 0.3 is 5.97 Å². The molecule has 1 amide bonds. The van der Waals surface area contributed by atoms with Crippen LogP contribution in [0.2, 0.25) is 0 Å². The second kappa shape index (κ2) is 9.51. The molecule has 0 atom stereocenters. The third-order valence-corrected chi connectivity index (χ3v) is 4.98. The molecule has 8 heteroatoms. The fourth-order valence-corrected chi connectivity index (χ4v) is 3.34. The van der Waals surface area contributed by atoms with E-state index in [9.17, 15) is 19.9 Å². The molecule has 31 heavy (non-hydrogen) atoms. The van der Waals surface area contributed by atoms with Crippen LogP contribution in [0.5, 0.6) is 5.75 Å². The predicted octanol–water partition coefficient (Wildman–Crippen LogP) is 4.05. The minimum absolute atomic E-state index is 0.171. The number of carboxylic acids is 1. The third kappa shape index (κ3) is 5.33. The van der Waals surface area contributed by atoms with Crippen molar-refractivity contribution in [3.63, 3.8) is 0 Å². The number of aromatic carboxylic acids is 1. The highest BCUT2D eigenvalue weighted by Gasteiger charge is 2.24. The Labute approximate surface area is 181 Å². The van der Waals surface area contributed by atoms with Gasteiger partial charge in [0.2, 0.25) is 0 Å². The number of nitrogens with one attached hydrogen (secondary N) is 1. The normalized spacial score (nSPS) is 11.8. The first-order valence-electron chi connectivity index (χ1n) is 10.0. The smallest absolute Gasteiger partial charge is 0.339 e. The van der Waals surface area contributed by atoms with E-state index in [0.29, 0.717) is 5.56 Å². The number of nitrogens with zero attached hydrogens (tertiary/aromatic N) is 2. The van der Waals surface area contributed by atoms with E-state index in [-0.39, 0.29) is 22.4 Å². The lowest BCUT2D eigenvalue weighted by atomic mass is 9.84. The van der Waals surface area contributed by atoms with Gasteiger partial charge < -0.3 is 25.6 Å². The molecule has 0 aliphatic carbocycles. The summed E-state index contributed by atoms with van der Waals surface area (Å²) in [6.45, 7) is 12.0. The lowest BCUT2D eigenvalue weighted by Gasteiger charge is -2.30. The first kappa shape index (κ1) is 23.7. The molecule has 0 unspecified atom stereocenters. The maximum Gasteiger partial charge on any atom is 0.339 e. The van der Waals surface area contributed by atoms with E-state index in [1.807, 2.05) is 12.1 Å². The van der Waals surface area contributed by atoms with E-state index in [1.165, 1.54) is 12.1 Å². The van der Waals surface area contributed by atoms with E-state index in [4.69, 9.17) is 5.11 Å². The summed E-state index contributed by atoms with van der Waals surface area (Å²) in [4.78, 5) is 26.0. The Balaban J connectivity index is 2.40. The van der Waals surface area contributed by atoms with Gasteiger partial charge in [0, 0.05) is 36.1 Å². The summed E-state index contributed by atoms with van der Waals surface area (Å²) in [7, 11) is 0. The molecule has 0 bridgehead atoms. The molecule has 2 aromatic rings. The van der Waals surface area contributed by atoms with Crippen molar-refractivity contribution in [1.82, 2.24) is 0 Å². The lowest BCUT2D eigenvalue weighted by molar-refractivity contribution is -0.110. The SMILES string of the molecule is CCN(CC)c1ccc(/C(=N\O)C(=O)Nc2ccc(C(=O)O)c(O)c2)cc1C(C)(C)C. The van der Waals surface area contributed by atoms with Gasteiger partial charge in [0.05, 0.1) is 0 Å². The fourth-order valence-electron chi connectivity index (χ4n) is 3.34. The molecule has 0 saturated heterocycles. The molecule has 0 fully saturated rings. The van der Waals surface area contributed by atoms with Gasteiger partial charge in [0.1, 0.15) is 11.3 Å². The van der Waals surface area contributed by atoms with E-state index < -0.39 is 17.6 Å². The van der Waals surface area contributed by atoms with Gasteiger partial charge in [0.25, 0.3) is 5.91 Å². The number of carboxylic acid groups (broad SMARTS) is 1. The number of phenols is 1. The van der Waals surface area contributed by atoms with Crippen molar-refractivity contribution < 1.29 is 25.0 Å². The summed E-state index contributed by atoms with van der Waals surface area (Å²) in [6.07, 6.45) is 0. The van der Waals surface area contributed by atoms with Gasteiger partial charge in [-0.15, -0.1) is 0 Å². The molecular formula is C23H29N3O5. The van der Waals surface area contributed by atoms with Crippen LogP contribution in [0.4, 0.5) is 11.4 Å². The molecule has 2 rings (SSSR count). The van der Waals surface area contributed by atoms with Crippen molar-refractivity contribution in [2.45, 2.75) is 40.0 Å². The number of oxime groups is 1. The zero-order valence-electron chi connectivity index (χ0n) is 18.4. The number of hydrogen-bond donors (Lipinski definition) is 4. The van der Waals surface area contributed by atoms with Crippen molar-refractivity contribution >= 4 is 29.0 Å². The predicted molar refractivity (Wildman–Crippen MR) is 121 cm³/mol. The molecule has 0 heterocycles. The van der Waals surface area contributed by atoms with Crippen LogP contribution >= 0.6 is 0 Å². The van der Waals surface area contributed by atoms with E-state index >= 15 is 0 Å². The second-order valence-electron chi connectivity index (χ2n) is 8.09. The maximum atomic E-state index is 12.8. The Bertz CT molecular complexity index is 1000. The van der Waals surface area contributed by atoms with Crippen molar-refractivity contribution in [2.24, 2.45) is 5.16 Å². The summed E-state index contributed by atoms with van der Waals surface area (Å²) in [5.74, 6) is -2.46. The molecule has 0 aliphatic heterocycles. The number of benzene rings is 2. The van der Waals surface area contributed by atoms with Crippen LogP contribution in [-0.2, 0) is 10.2 Å². The molecule has 0 aromatic heterocycles. The van der Waals surface area contributed by atoms with Crippen LogP contribution in [-0.4, -0.2) is 46.1 Å². The first-order chi connectivity index (χ1) is 14.5. The van der Waals surface area contributed by atoms with Crippen molar-refractivity contribution in [2.75, 3.05) is 23.3 Å². The molecule has 0 saturated carbocycles. The Morgan fingerprint density at radius 3 is 2.19 bits per heavy atom. The van der Waals surface area contributed by atoms with E-state index in [2.05, 4.69) is 50.0 Å². The van der Waals surface area contributed by atoms with Gasteiger partial charge in [-0.3, -0.25) is 4.79 Å². The minimum atomic E-state index is -1.28. The van der Waals surface area contributed by atoms with Crippen LogP contribution in [0.3, 0.4) is 0 Å². The first-order valence-corrected chi connectivity index (χ1v) is 10.0. The quantitative estimate of drug-likeness (QED) is 0.300. The zero-order valence-corrected chi connectivity index (χ0v) is 18.4. The Hall–Kier alpha value is -3.55. The number of carbonyl (C=O) groups is 2. The van der Waals surface area contributed by atoms with Crippen LogP contribution < -0.4 is 10.2 Å². The summed E-state index contributed by atoms with van der Waals surface area (Å²) in [5, 5.41) is 34.1. The second-order valence-corrected chi connectivity index (χ2v) is 8.09. The van der Waals surface area contributed by atoms with Crippen molar-refractivity contribution in [3.05, 3.63) is 53.1 Å². The van der Waals surface area contributed by atoms with Crippen LogP contribution in [0.15, 0.2) is 41.6 Å². The highest BCUT2D eigenvalue weighted by molar-refractivity contribution is 6.48. The molecular weight excluding hydrogens is 398 g/mol. The summed E-state index contributed by atoms with van der Waals surface area (Å²) >= 11 is 0.